The number of rotatable bonds is 14. The molecule has 1 aromatic rings. The molecule has 0 heterocycles. The Bertz CT molecular complexity index is 547. The van der Waals surface area contributed by atoms with Crippen LogP contribution in [0.15, 0.2) is 24.3 Å². The maximum atomic E-state index is 12.2. The van der Waals surface area contributed by atoms with Gasteiger partial charge >= 0.3 is 12.1 Å². The van der Waals surface area contributed by atoms with Crippen LogP contribution < -0.4 is 4.74 Å². The molecule has 1 aromatic carbocycles. The van der Waals surface area contributed by atoms with Crippen molar-refractivity contribution in [3.63, 3.8) is 0 Å². The fraction of sp³-hybridized carbons (Fsp3) is 0.667. The van der Waals surface area contributed by atoms with E-state index in [1.807, 2.05) is 22.6 Å². The molecule has 0 fully saturated rings. The first-order valence-corrected chi connectivity index (χ1v) is 11.2. The van der Waals surface area contributed by atoms with Crippen molar-refractivity contribution < 1.29 is 27.4 Å². The number of alkyl halides is 4. The number of hydrogen-bond donors (Lipinski definition) is 0. The Hall–Kier alpha value is -0.990. The highest BCUT2D eigenvalue weighted by Crippen LogP contribution is 2.28. The molecular weight excluding hydrogens is 484 g/mol. The molecule has 3 nitrogen and oxygen atoms in total. The summed E-state index contributed by atoms with van der Waals surface area (Å²) >= 11 is 1.91. The Kier molecular flexibility index (Phi) is 12.6. The van der Waals surface area contributed by atoms with Crippen LogP contribution in [0.2, 0.25) is 0 Å². The van der Waals surface area contributed by atoms with Crippen LogP contribution in [0.3, 0.4) is 0 Å². The first kappa shape index (κ1) is 25.0. The van der Waals surface area contributed by atoms with Gasteiger partial charge in [-0.05, 0) is 44.0 Å². The van der Waals surface area contributed by atoms with Gasteiger partial charge in [-0.1, -0.05) is 61.1 Å². The minimum absolute atomic E-state index is 0.305. The minimum atomic E-state index is -4.04. The van der Waals surface area contributed by atoms with Gasteiger partial charge in [0.05, 0.1) is 25.2 Å². The molecule has 0 amide bonds. The number of ether oxygens (including phenoxy) is 2. The number of benzene rings is 1. The molecule has 160 valence electrons. The van der Waals surface area contributed by atoms with Gasteiger partial charge < -0.3 is 9.47 Å². The summed E-state index contributed by atoms with van der Waals surface area (Å²) in [5.74, 6) is 0.406. The van der Waals surface area contributed by atoms with Gasteiger partial charge in [-0.25, -0.2) is 4.79 Å². The van der Waals surface area contributed by atoms with Crippen LogP contribution >= 0.6 is 22.6 Å². The summed E-state index contributed by atoms with van der Waals surface area (Å²) < 4.78 is 47.0. The predicted molar refractivity (Wildman–Crippen MR) is 113 cm³/mol. The average Bonchev–Trinajstić information content (AvgIpc) is 2.62. The van der Waals surface area contributed by atoms with Gasteiger partial charge in [0.15, 0.2) is 0 Å². The van der Waals surface area contributed by atoms with Crippen LogP contribution in [0.25, 0.3) is 0 Å². The van der Waals surface area contributed by atoms with E-state index in [0.29, 0.717) is 25.2 Å². The second kappa shape index (κ2) is 14.1. The van der Waals surface area contributed by atoms with E-state index in [9.17, 15) is 18.0 Å². The van der Waals surface area contributed by atoms with E-state index < -0.39 is 12.6 Å². The first-order chi connectivity index (χ1) is 13.3. The number of carbonyl (C=O) groups excluding carboxylic acids is 1. The normalized spacial score (nSPS) is 12.6. The standard InChI is InChI=1S/C21H30F3IO3/c1-2-27-20(26)17-11-13-19(14-12-17)28-15-9-7-5-3-4-6-8-10-18(25)16-21(22,23)24/h11-14,18H,2-10,15-16H2,1H3. The monoisotopic (exact) mass is 514 g/mol. The zero-order valence-corrected chi connectivity index (χ0v) is 18.6. The lowest BCUT2D eigenvalue weighted by atomic mass is 10.1. The van der Waals surface area contributed by atoms with Gasteiger partial charge in [0.1, 0.15) is 5.75 Å². The van der Waals surface area contributed by atoms with Crippen molar-refractivity contribution in [2.24, 2.45) is 0 Å². The van der Waals surface area contributed by atoms with Crippen LogP contribution in [0, 0.1) is 0 Å². The summed E-state index contributed by atoms with van der Waals surface area (Å²) in [6, 6.07) is 6.93. The molecule has 28 heavy (non-hydrogen) atoms. The quantitative estimate of drug-likeness (QED) is 0.115. The van der Waals surface area contributed by atoms with Gasteiger partial charge in [-0.15, -0.1) is 0 Å². The van der Waals surface area contributed by atoms with Crippen molar-refractivity contribution in [1.29, 1.82) is 0 Å². The van der Waals surface area contributed by atoms with Crippen LogP contribution in [0.1, 0.15) is 75.1 Å². The third-order valence-corrected chi connectivity index (χ3v) is 5.31. The van der Waals surface area contributed by atoms with Crippen LogP contribution in [0.4, 0.5) is 13.2 Å². The molecule has 0 radical (unpaired) electrons. The topological polar surface area (TPSA) is 35.5 Å². The number of hydrogen-bond acceptors (Lipinski definition) is 3. The maximum Gasteiger partial charge on any atom is 0.390 e. The highest BCUT2D eigenvalue weighted by molar-refractivity contribution is 14.1. The smallest absolute Gasteiger partial charge is 0.390 e. The van der Waals surface area contributed by atoms with Gasteiger partial charge in [0.25, 0.3) is 0 Å². The molecule has 7 heteroatoms. The summed E-state index contributed by atoms with van der Waals surface area (Å²) in [5, 5.41) is 0. The van der Waals surface area contributed by atoms with E-state index in [1.54, 1.807) is 31.2 Å². The highest BCUT2D eigenvalue weighted by atomic mass is 127. The van der Waals surface area contributed by atoms with E-state index in [4.69, 9.17) is 9.47 Å². The SMILES string of the molecule is CCOC(=O)c1ccc(OCCCCCCCCCC(I)CC(F)(F)F)cc1. The van der Waals surface area contributed by atoms with Crippen molar-refractivity contribution in [3.8, 4) is 5.75 Å². The van der Waals surface area contributed by atoms with E-state index in [0.717, 1.165) is 50.7 Å². The molecule has 0 aromatic heterocycles. The van der Waals surface area contributed by atoms with Crippen molar-refractivity contribution in [2.75, 3.05) is 13.2 Å². The molecule has 0 saturated carbocycles. The molecular formula is C21H30F3IO3. The van der Waals surface area contributed by atoms with Crippen LogP contribution in [-0.4, -0.2) is 29.3 Å². The Balaban J connectivity index is 1.98. The predicted octanol–water partition coefficient (Wildman–Crippen LogP) is 7.12. The summed E-state index contributed by atoms with van der Waals surface area (Å²) in [6.45, 7) is 2.76. The molecule has 0 saturated heterocycles. The third kappa shape index (κ3) is 12.5. The van der Waals surface area contributed by atoms with E-state index in [1.165, 1.54) is 0 Å². The van der Waals surface area contributed by atoms with Crippen LogP contribution in [-0.2, 0) is 4.74 Å². The van der Waals surface area contributed by atoms with Gasteiger partial charge in [0, 0.05) is 3.92 Å². The molecule has 0 spiro atoms. The fourth-order valence-corrected chi connectivity index (χ4v) is 3.74. The molecule has 1 unspecified atom stereocenters. The fourth-order valence-electron chi connectivity index (χ4n) is 2.80. The Morgan fingerprint density at radius 3 is 2.14 bits per heavy atom. The molecule has 0 N–H and O–H groups in total. The number of halogens is 4. The van der Waals surface area contributed by atoms with Crippen molar-refractivity contribution >= 4 is 28.6 Å². The maximum absolute atomic E-state index is 12.2. The zero-order valence-electron chi connectivity index (χ0n) is 16.4. The lowest BCUT2D eigenvalue weighted by molar-refractivity contribution is -0.133. The lowest BCUT2D eigenvalue weighted by Gasteiger charge is -2.12. The van der Waals surface area contributed by atoms with E-state index in [-0.39, 0.29) is 9.89 Å². The van der Waals surface area contributed by atoms with Crippen LogP contribution in [0.5, 0.6) is 5.75 Å². The number of esters is 1. The molecule has 1 atom stereocenters. The Labute approximate surface area is 179 Å². The third-order valence-electron chi connectivity index (χ3n) is 4.25. The first-order valence-electron chi connectivity index (χ1n) is 9.92. The summed E-state index contributed by atoms with van der Waals surface area (Å²) in [7, 11) is 0. The van der Waals surface area contributed by atoms with Gasteiger partial charge in [-0.3, -0.25) is 0 Å². The lowest BCUT2D eigenvalue weighted by Crippen LogP contribution is -2.14. The summed E-state index contributed by atoms with van der Waals surface area (Å²) in [4.78, 5) is 11.6. The molecule has 1 rings (SSSR count). The summed E-state index contributed by atoms with van der Waals surface area (Å²) in [6.07, 6.45) is 3.12. The van der Waals surface area contributed by atoms with Crippen molar-refractivity contribution in [1.82, 2.24) is 0 Å². The molecule has 0 aliphatic rings. The van der Waals surface area contributed by atoms with Crippen molar-refractivity contribution in [3.05, 3.63) is 29.8 Å². The second-order valence-corrected chi connectivity index (χ2v) is 8.54. The molecule has 0 bridgehead atoms. The van der Waals surface area contributed by atoms with Gasteiger partial charge in [-0.2, -0.15) is 13.2 Å². The average molecular weight is 514 g/mol. The Morgan fingerprint density at radius 1 is 1.00 bits per heavy atom. The zero-order chi connectivity index (χ0) is 20.8. The summed E-state index contributed by atoms with van der Waals surface area (Å²) in [5.41, 5.74) is 0.515. The Morgan fingerprint density at radius 2 is 1.57 bits per heavy atom. The minimum Gasteiger partial charge on any atom is -0.494 e. The largest absolute Gasteiger partial charge is 0.494 e. The van der Waals surface area contributed by atoms with E-state index in [2.05, 4.69) is 0 Å². The number of carbonyl (C=O) groups is 1. The molecule has 0 aliphatic carbocycles. The van der Waals surface area contributed by atoms with E-state index >= 15 is 0 Å². The second-order valence-electron chi connectivity index (χ2n) is 6.77. The number of unbranched alkanes of at least 4 members (excludes halogenated alkanes) is 6. The molecule has 0 aliphatic heterocycles. The van der Waals surface area contributed by atoms with Crippen molar-refractivity contribution in [2.45, 2.75) is 74.8 Å². The van der Waals surface area contributed by atoms with Gasteiger partial charge in [0.2, 0.25) is 0 Å². The highest BCUT2D eigenvalue weighted by Gasteiger charge is 2.30.